The van der Waals surface area contributed by atoms with Gasteiger partial charge in [-0.05, 0) is 17.7 Å². The number of nitrogens with zero attached hydrogens (tertiary/aromatic N) is 3. The lowest BCUT2D eigenvalue weighted by molar-refractivity contribution is 0.0692. The summed E-state index contributed by atoms with van der Waals surface area (Å²) in [7, 11) is 3.30. The fourth-order valence-electron chi connectivity index (χ4n) is 2.52. The Kier molecular flexibility index (Phi) is 2.99. The number of aryl methyl sites for hydroxylation is 1. The Labute approximate surface area is 119 Å². The Morgan fingerprint density at radius 1 is 1.43 bits per heavy atom. The number of pyridine rings is 1. The van der Waals surface area contributed by atoms with Crippen molar-refractivity contribution in [2.24, 2.45) is 7.05 Å². The maximum absolute atomic E-state index is 11.4. The molecule has 108 valence electrons. The van der Waals surface area contributed by atoms with Crippen LogP contribution in [-0.2, 0) is 18.4 Å². The van der Waals surface area contributed by atoms with Gasteiger partial charge in [0.05, 0.1) is 34.8 Å². The lowest BCUT2D eigenvalue weighted by Gasteiger charge is -2.09. The smallest absolute Gasteiger partial charge is 0.336 e. The highest BCUT2D eigenvalue weighted by atomic mass is 16.5. The molecule has 3 N–H and O–H groups in total. The summed E-state index contributed by atoms with van der Waals surface area (Å²) in [6.45, 7) is 0.197. The van der Waals surface area contributed by atoms with Crippen LogP contribution < -0.4 is 5.73 Å². The standard InChI is InChI=1S/C14H14N4O3/c1-18-12-9-4-8(14(19)20)7(6-21-2)3-11(9)17-13(15)10(12)5-16-18/h3-5H,6H2,1-2H3,(H2,15,17)(H,19,20). The molecule has 7 nitrogen and oxygen atoms in total. The molecule has 2 aromatic heterocycles. The third-order valence-electron chi connectivity index (χ3n) is 3.46. The molecule has 3 aromatic rings. The molecule has 0 saturated heterocycles. The number of nitrogen functional groups attached to an aromatic ring is 1. The molecule has 0 atom stereocenters. The molecule has 0 bridgehead atoms. The fourth-order valence-corrected chi connectivity index (χ4v) is 2.52. The first-order valence-electron chi connectivity index (χ1n) is 6.29. The molecule has 1 aromatic carbocycles. The molecule has 0 spiro atoms. The Hall–Kier alpha value is -2.67. The lowest BCUT2D eigenvalue weighted by Crippen LogP contribution is -2.05. The van der Waals surface area contributed by atoms with Crippen LogP contribution in [0, 0.1) is 0 Å². The average molecular weight is 286 g/mol. The van der Waals surface area contributed by atoms with Gasteiger partial charge >= 0.3 is 5.97 Å². The van der Waals surface area contributed by atoms with Crippen molar-refractivity contribution in [1.29, 1.82) is 0 Å². The van der Waals surface area contributed by atoms with Crippen LogP contribution in [0.15, 0.2) is 18.3 Å². The number of anilines is 1. The van der Waals surface area contributed by atoms with Gasteiger partial charge in [-0.3, -0.25) is 4.68 Å². The van der Waals surface area contributed by atoms with E-state index in [1.165, 1.54) is 7.11 Å². The second-order valence-electron chi connectivity index (χ2n) is 4.79. The third kappa shape index (κ3) is 1.98. The van der Waals surface area contributed by atoms with Crippen LogP contribution >= 0.6 is 0 Å². The summed E-state index contributed by atoms with van der Waals surface area (Å²) in [6, 6.07) is 3.30. The highest BCUT2D eigenvalue weighted by Crippen LogP contribution is 2.29. The van der Waals surface area contributed by atoms with Gasteiger partial charge in [0.1, 0.15) is 5.82 Å². The average Bonchev–Trinajstić information content (AvgIpc) is 2.81. The van der Waals surface area contributed by atoms with Crippen LogP contribution in [0.5, 0.6) is 0 Å². The monoisotopic (exact) mass is 286 g/mol. The summed E-state index contributed by atoms with van der Waals surface area (Å²) in [4.78, 5) is 15.8. The molecule has 0 radical (unpaired) electrons. The van der Waals surface area contributed by atoms with E-state index >= 15 is 0 Å². The van der Waals surface area contributed by atoms with Crippen LogP contribution in [0.25, 0.3) is 21.8 Å². The van der Waals surface area contributed by atoms with Gasteiger partial charge in [-0.15, -0.1) is 0 Å². The van der Waals surface area contributed by atoms with Crippen LogP contribution in [0.2, 0.25) is 0 Å². The summed E-state index contributed by atoms with van der Waals surface area (Å²) in [5.74, 6) is -0.631. The zero-order valence-corrected chi connectivity index (χ0v) is 11.6. The Bertz CT molecular complexity index is 870. The van der Waals surface area contributed by atoms with Crippen molar-refractivity contribution >= 4 is 33.6 Å². The van der Waals surface area contributed by atoms with Gasteiger partial charge in [0, 0.05) is 19.5 Å². The van der Waals surface area contributed by atoms with E-state index in [4.69, 9.17) is 10.5 Å². The molecule has 0 aliphatic carbocycles. The fraction of sp³-hybridized carbons (Fsp3) is 0.214. The maximum Gasteiger partial charge on any atom is 0.336 e. The molecule has 0 amide bonds. The number of hydrogen-bond donors (Lipinski definition) is 2. The van der Waals surface area contributed by atoms with E-state index in [2.05, 4.69) is 10.1 Å². The second-order valence-corrected chi connectivity index (χ2v) is 4.79. The zero-order valence-electron chi connectivity index (χ0n) is 11.6. The number of carbonyl (C=O) groups is 1. The number of aromatic carboxylic acids is 1. The number of ether oxygens (including phenoxy) is 1. The van der Waals surface area contributed by atoms with Crippen molar-refractivity contribution in [3.63, 3.8) is 0 Å². The van der Waals surface area contributed by atoms with E-state index in [1.807, 2.05) is 0 Å². The third-order valence-corrected chi connectivity index (χ3v) is 3.46. The highest BCUT2D eigenvalue weighted by Gasteiger charge is 2.16. The molecule has 0 aliphatic heterocycles. The molecule has 7 heteroatoms. The topological polar surface area (TPSA) is 103 Å². The van der Waals surface area contributed by atoms with Crippen LogP contribution in [0.1, 0.15) is 15.9 Å². The number of carboxylic acid groups (broad SMARTS) is 1. The normalized spacial score (nSPS) is 11.3. The molecule has 0 fully saturated rings. The van der Waals surface area contributed by atoms with Gasteiger partial charge in [0.2, 0.25) is 0 Å². The minimum atomic E-state index is -1.00. The quantitative estimate of drug-likeness (QED) is 0.757. The number of nitrogens with two attached hydrogens (primary N) is 1. The number of methoxy groups -OCH3 is 1. The molecule has 0 saturated carbocycles. The highest BCUT2D eigenvalue weighted by molar-refractivity contribution is 6.09. The molecule has 21 heavy (non-hydrogen) atoms. The molecule has 3 rings (SSSR count). The van der Waals surface area contributed by atoms with Gasteiger partial charge in [-0.1, -0.05) is 0 Å². The molecular formula is C14H14N4O3. The van der Waals surface area contributed by atoms with Crippen LogP contribution in [0.3, 0.4) is 0 Å². The summed E-state index contributed by atoms with van der Waals surface area (Å²) in [6.07, 6.45) is 1.63. The Balaban J connectivity index is 2.45. The molecule has 0 unspecified atom stereocenters. The van der Waals surface area contributed by atoms with Gasteiger partial charge in [0.25, 0.3) is 0 Å². The first kappa shape index (κ1) is 13.3. The van der Waals surface area contributed by atoms with Crippen molar-refractivity contribution in [3.8, 4) is 0 Å². The zero-order chi connectivity index (χ0) is 15.1. The number of fused-ring (bicyclic) bond motifs is 3. The van der Waals surface area contributed by atoms with E-state index in [-0.39, 0.29) is 12.2 Å². The molecule has 2 heterocycles. The van der Waals surface area contributed by atoms with Gasteiger partial charge in [-0.2, -0.15) is 5.10 Å². The first-order valence-corrected chi connectivity index (χ1v) is 6.29. The van der Waals surface area contributed by atoms with Gasteiger partial charge < -0.3 is 15.6 Å². The summed E-state index contributed by atoms with van der Waals surface area (Å²) in [5.41, 5.74) is 8.09. The molecule has 0 aliphatic rings. The summed E-state index contributed by atoms with van der Waals surface area (Å²) < 4.78 is 6.72. The predicted octanol–water partition coefficient (Wildman–Crippen LogP) is 1.55. The Morgan fingerprint density at radius 3 is 2.86 bits per heavy atom. The minimum absolute atomic E-state index is 0.193. The van der Waals surface area contributed by atoms with E-state index in [0.29, 0.717) is 27.7 Å². The van der Waals surface area contributed by atoms with Gasteiger partial charge in [0.15, 0.2) is 0 Å². The maximum atomic E-state index is 11.4. The van der Waals surface area contributed by atoms with E-state index in [1.54, 1.807) is 30.1 Å². The van der Waals surface area contributed by atoms with Crippen molar-refractivity contribution in [1.82, 2.24) is 14.8 Å². The van der Waals surface area contributed by atoms with Crippen LogP contribution in [0.4, 0.5) is 5.82 Å². The largest absolute Gasteiger partial charge is 0.478 e. The summed E-state index contributed by atoms with van der Waals surface area (Å²) >= 11 is 0. The van der Waals surface area contributed by atoms with Gasteiger partial charge in [-0.25, -0.2) is 9.78 Å². The number of hydrogen-bond acceptors (Lipinski definition) is 5. The first-order chi connectivity index (χ1) is 10.0. The van der Waals surface area contributed by atoms with E-state index < -0.39 is 5.97 Å². The molecular weight excluding hydrogens is 272 g/mol. The van der Waals surface area contributed by atoms with Crippen LogP contribution in [-0.4, -0.2) is 33.0 Å². The number of aromatic nitrogens is 3. The number of benzene rings is 1. The van der Waals surface area contributed by atoms with E-state index in [9.17, 15) is 9.90 Å². The predicted molar refractivity (Wildman–Crippen MR) is 78.1 cm³/mol. The lowest BCUT2D eigenvalue weighted by atomic mass is 10.0. The SMILES string of the molecule is COCc1cc2nc(N)c3cnn(C)c3c2cc1C(=O)O. The number of rotatable bonds is 3. The van der Waals surface area contributed by atoms with Crippen molar-refractivity contribution < 1.29 is 14.6 Å². The number of carboxylic acids is 1. The van der Waals surface area contributed by atoms with Crippen molar-refractivity contribution in [2.45, 2.75) is 6.61 Å². The second kappa shape index (κ2) is 4.71. The van der Waals surface area contributed by atoms with Crippen molar-refractivity contribution in [3.05, 3.63) is 29.5 Å². The minimum Gasteiger partial charge on any atom is -0.478 e. The Morgan fingerprint density at radius 2 is 2.19 bits per heavy atom. The van der Waals surface area contributed by atoms with Crippen molar-refractivity contribution in [2.75, 3.05) is 12.8 Å². The summed E-state index contributed by atoms with van der Waals surface area (Å²) in [5, 5.41) is 15.0. The van der Waals surface area contributed by atoms with E-state index in [0.717, 1.165) is 5.52 Å².